The Morgan fingerprint density at radius 1 is 1.00 bits per heavy atom. The molecule has 122 valence electrons. The highest BCUT2D eigenvalue weighted by Crippen LogP contribution is 2.22. The third-order valence-corrected chi connectivity index (χ3v) is 4.60. The number of benzene rings is 2. The molecule has 0 aliphatic rings. The molecule has 0 spiro atoms. The molecule has 0 heterocycles. The van der Waals surface area contributed by atoms with E-state index in [9.17, 15) is 4.79 Å². The number of nitrogens with one attached hydrogen (secondary N) is 1. The third kappa shape index (κ3) is 6.49. The van der Waals surface area contributed by atoms with E-state index < -0.39 is 0 Å². The van der Waals surface area contributed by atoms with Gasteiger partial charge in [0.1, 0.15) is 0 Å². The van der Waals surface area contributed by atoms with Gasteiger partial charge in [-0.3, -0.25) is 4.79 Å². The molecule has 3 heteroatoms. The van der Waals surface area contributed by atoms with Gasteiger partial charge in [0.25, 0.3) is 0 Å². The second-order valence-electron chi connectivity index (χ2n) is 6.07. The second-order valence-corrected chi connectivity index (χ2v) is 7.24. The summed E-state index contributed by atoms with van der Waals surface area (Å²) in [5, 5.41) is 3.20. The van der Waals surface area contributed by atoms with E-state index in [1.54, 1.807) is 11.8 Å². The lowest BCUT2D eigenvalue weighted by atomic mass is 9.97. The molecular formula is C20H25NOS. The van der Waals surface area contributed by atoms with Crippen LogP contribution in [0.5, 0.6) is 0 Å². The van der Waals surface area contributed by atoms with E-state index in [4.69, 9.17) is 0 Å². The lowest BCUT2D eigenvalue weighted by Gasteiger charge is -2.21. The lowest BCUT2D eigenvalue weighted by Crippen LogP contribution is -2.29. The van der Waals surface area contributed by atoms with E-state index >= 15 is 0 Å². The van der Waals surface area contributed by atoms with Gasteiger partial charge in [-0.05, 0) is 30.0 Å². The molecule has 0 aliphatic carbocycles. The van der Waals surface area contributed by atoms with Crippen molar-refractivity contribution in [1.82, 2.24) is 5.32 Å². The maximum atomic E-state index is 12.3. The Kier molecular flexibility index (Phi) is 7.21. The van der Waals surface area contributed by atoms with Gasteiger partial charge >= 0.3 is 0 Å². The Morgan fingerprint density at radius 2 is 1.61 bits per heavy atom. The zero-order chi connectivity index (χ0) is 16.5. The predicted octanol–water partition coefficient (Wildman–Crippen LogP) is 5.07. The number of amides is 1. The average Bonchev–Trinajstić information content (AvgIpc) is 2.56. The van der Waals surface area contributed by atoms with Crippen molar-refractivity contribution in [2.45, 2.75) is 37.6 Å². The minimum absolute atomic E-state index is 0.102. The van der Waals surface area contributed by atoms with E-state index in [-0.39, 0.29) is 11.9 Å². The van der Waals surface area contributed by atoms with Crippen LogP contribution in [0.2, 0.25) is 0 Å². The third-order valence-electron chi connectivity index (χ3n) is 3.59. The van der Waals surface area contributed by atoms with Crippen molar-refractivity contribution in [3.05, 3.63) is 66.2 Å². The van der Waals surface area contributed by atoms with Crippen LogP contribution in [0.1, 0.15) is 38.3 Å². The van der Waals surface area contributed by atoms with Crippen molar-refractivity contribution in [2.75, 3.05) is 5.75 Å². The number of carbonyl (C=O) groups excluding carboxylic acids is 1. The monoisotopic (exact) mass is 327 g/mol. The fraction of sp³-hybridized carbons (Fsp3) is 0.350. The first kappa shape index (κ1) is 17.6. The van der Waals surface area contributed by atoms with Crippen LogP contribution in [0.25, 0.3) is 0 Å². The quantitative estimate of drug-likeness (QED) is 0.686. The highest BCUT2D eigenvalue weighted by atomic mass is 32.2. The molecule has 1 N–H and O–H groups in total. The fourth-order valence-electron chi connectivity index (χ4n) is 2.48. The van der Waals surface area contributed by atoms with E-state index in [2.05, 4.69) is 43.4 Å². The Balaban J connectivity index is 1.85. The smallest absolute Gasteiger partial charge is 0.221 e. The summed E-state index contributed by atoms with van der Waals surface area (Å²) in [6.45, 7) is 4.38. The summed E-state index contributed by atoms with van der Waals surface area (Å²) in [5.74, 6) is 1.47. The van der Waals surface area contributed by atoms with Crippen molar-refractivity contribution >= 4 is 17.7 Å². The summed E-state index contributed by atoms with van der Waals surface area (Å²) in [5.41, 5.74) is 1.19. The van der Waals surface area contributed by atoms with Gasteiger partial charge in [-0.15, -0.1) is 11.8 Å². The van der Waals surface area contributed by atoms with Crippen LogP contribution < -0.4 is 5.32 Å². The van der Waals surface area contributed by atoms with Crippen LogP contribution in [0, 0.1) is 5.92 Å². The molecule has 0 aliphatic heterocycles. The molecule has 0 saturated heterocycles. The maximum absolute atomic E-state index is 12.3. The summed E-state index contributed by atoms with van der Waals surface area (Å²) in [6.07, 6.45) is 1.50. The van der Waals surface area contributed by atoms with Crippen LogP contribution >= 0.6 is 11.8 Å². The highest BCUT2D eigenvalue weighted by molar-refractivity contribution is 7.99. The molecule has 1 amide bonds. The first-order valence-corrected chi connectivity index (χ1v) is 9.16. The van der Waals surface area contributed by atoms with Gasteiger partial charge in [0.05, 0.1) is 6.04 Å². The Morgan fingerprint density at radius 3 is 2.22 bits per heavy atom. The van der Waals surface area contributed by atoms with Gasteiger partial charge in [0.2, 0.25) is 5.91 Å². The van der Waals surface area contributed by atoms with E-state index in [0.29, 0.717) is 12.3 Å². The number of rotatable bonds is 8. The summed E-state index contributed by atoms with van der Waals surface area (Å²) < 4.78 is 0. The predicted molar refractivity (Wildman–Crippen MR) is 98.6 cm³/mol. The number of carbonyl (C=O) groups is 1. The molecule has 0 saturated carbocycles. The summed E-state index contributed by atoms with van der Waals surface area (Å²) in [7, 11) is 0. The summed E-state index contributed by atoms with van der Waals surface area (Å²) in [6, 6.07) is 20.6. The molecule has 1 unspecified atom stereocenters. The number of thioether (sulfide) groups is 1. The highest BCUT2D eigenvalue weighted by Gasteiger charge is 2.15. The van der Waals surface area contributed by atoms with Crippen molar-refractivity contribution < 1.29 is 4.79 Å². The van der Waals surface area contributed by atoms with Crippen LogP contribution in [0.15, 0.2) is 65.6 Å². The standard InChI is InChI=1S/C20H25NOS/c1-16(2)15-19(17-9-5-3-6-10-17)21-20(22)13-14-23-18-11-7-4-8-12-18/h3-12,16,19H,13-15H2,1-2H3,(H,21,22). The molecule has 23 heavy (non-hydrogen) atoms. The van der Waals surface area contributed by atoms with Gasteiger partial charge in [-0.25, -0.2) is 0 Å². The SMILES string of the molecule is CC(C)CC(NC(=O)CCSc1ccccc1)c1ccccc1. The molecule has 0 radical (unpaired) electrons. The summed E-state index contributed by atoms with van der Waals surface area (Å²) in [4.78, 5) is 13.5. The van der Waals surface area contributed by atoms with Crippen molar-refractivity contribution in [2.24, 2.45) is 5.92 Å². The molecular weight excluding hydrogens is 302 g/mol. The Hall–Kier alpha value is -1.74. The first-order valence-electron chi connectivity index (χ1n) is 8.17. The van der Waals surface area contributed by atoms with Crippen LogP contribution in [0.4, 0.5) is 0 Å². The van der Waals surface area contributed by atoms with Gasteiger partial charge in [0, 0.05) is 17.1 Å². The summed E-state index contributed by atoms with van der Waals surface area (Å²) >= 11 is 1.72. The largest absolute Gasteiger partial charge is 0.349 e. The lowest BCUT2D eigenvalue weighted by molar-refractivity contribution is -0.121. The molecule has 0 bridgehead atoms. The van der Waals surface area contributed by atoms with Crippen LogP contribution in [0.3, 0.4) is 0 Å². The minimum Gasteiger partial charge on any atom is -0.349 e. The Bertz CT molecular complexity index is 583. The van der Waals surface area contributed by atoms with Gasteiger partial charge < -0.3 is 5.32 Å². The second kappa shape index (κ2) is 9.41. The fourth-order valence-corrected chi connectivity index (χ4v) is 3.35. The average molecular weight is 327 g/mol. The Labute approximate surface area is 143 Å². The van der Waals surface area contributed by atoms with E-state index in [0.717, 1.165) is 12.2 Å². The van der Waals surface area contributed by atoms with Crippen molar-refractivity contribution in [3.8, 4) is 0 Å². The minimum atomic E-state index is 0.102. The molecule has 2 nitrogen and oxygen atoms in total. The maximum Gasteiger partial charge on any atom is 0.221 e. The zero-order valence-electron chi connectivity index (χ0n) is 13.9. The number of hydrogen-bond donors (Lipinski definition) is 1. The zero-order valence-corrected chi connectivity index (χ0v) is 14.7. The van der Waals surface area contributed by atoms with Crippen LogP contribution in [-0.2, 0) is 4.79 Å². The van der Waals surface area contributed by atoms with Crippen molar-refractivity contribution in [3.63, 3.8) is 0 Å². The molecule has 2 rings (SSSR count). The van der Waals surface area contributed by atoms with Gasteiger partial charge in [-0.2, -0.15) is 0 Å². The topological polar surface area (TPSA) is 29.1 Å². The van der Waals surface area contributed by atoms with Gasteiger partial charge in [0.15, 0.2) is 0 Å². The molecule has 1 atom stereocenters. The molecule has 2 aromatic carbocycles. The normalized spacial score (nSPS) is 12.1. The first-order chi connectivity index (χ1) is 11.1. The molecule has 0 aromatic heterocycles. The van der Waals surface area contributed by atoms with E-state index in [1.807, 2.05) is 36.4 Å². The van der Waals surface area contributed by atoms with Crippen LogP contribution in [-0.4, -0.2) is 11.7 Å². The van der Waals surface area contributed by atoms with Gasteiger partial charge in [-0.1, -0.05) is 62.4 Å². The molecule has 2 aromatic rings. The molecule has 0 fully saturated rings. The van der Waals surface area contributed by atoms with Crippen molar-refractivity contribution in [1.29, 1.82) is 0 Å². The van der Waals surface area contributed by atoms with E-state index in [1.165, 1.54) is 10.5 Å². The number of hydrogen-bond acceptors (Lipinski definition) is 2.